The molecule has 1 aromatic heterocycles. The number of rotatable bonds is 8. The van der Waals surface area contributed by atoms with E-state index < -0.39 is 0 Å². The van der Waals surface area contributed by atoms with Crippen LogP contribution in [0, 0.1) is 0 Å². The molecule has 2 nitrogen and oxygen atoms in total. The van der Waals surface area contributed by atoms with Crippen molar-refractivity contribution in [1.82, 2.24) is 0 Å². The molecule has 9 aromatic rings. The summed E-state index contributed by atoms with van der Waals surface area (Å²) >= 11 is 0. The van der Waals surface area contributed by atoms with E-state index in [0.29, 0.717) is 0 Å². The van der Waals surface area contributed by atoms with Gasteiger partial charge in [0.05, 0.1) is 0 Å². The highest BCUT2D eigenvalue weighted by Gasteiger charge is 2.17. The summed E-state index contributed by atoms with van der Waals surface area (Å²) in [6.07, 6.45) is 0. The van der Waals surface area contributed by atoms with Crippen LogP contribution in [-0.2, 0) is 0 Å². The summed E-state index contributed by atoms with van der Waals surface area (Å²) in [7, 11) is 0. The number of hydrogen-bond donors (Lipinski definition) is 0. The van der Waals surface area contributed by atoms with Gasteiger partial charge >= 0.3 is 0 Å². The smallest absolute Gasteiger partial charge is 0.135 e. The van der Waals surface area contributed by atoms with Gasteiger partial charge in [-0.3, -0.25) is 0 Å². The first-order valence-electron chi connectivity index (χ1n) is 17.7. The van der Waals surface area contributed by atoms with Crippen LogP contribution < -0.4 is 4.90 Å². The molecule has 246 valence electrons. The molecule has 0 atom stereocenters. The minimum Gasteiger partial charge on any atom is -0.456 e. The summed E-state index contributed by atoms with van der Waals surface area (Å²) in [5.74, 6) is 0.851. The third kappa shape index (κ3) is 6.08. The zero-order chi connectivity index (χ0) is 34.7. The first-order valence-corrected chi connectivity index (χ1v) is 17.7. The van der Waals surface area contributed by atoms with Gasteiger partial charge in [0.1, 0.15) is 11.3 Å². The fourth-order valence-corrected chi connectivity index (χ4v) is 7.16. The Morgan fingerprint density at radius 2 is 0.712 bits per heavy atom. The van der Waals surface area contributed by atoms with Crippen LogP contribution in [0.5, 0.6) is 0 Å². The number of anilines is 3. The third-order valence-corrected chi connectivity index (χ3v) is 9.71. The van der Waals surface area contributed by atoms with Crippen molar-refractivity contribution in [3.63, 3.8) is 0 Å². The number of nitrogens with zero attached hydrogens (tertiary/aromatic N) is 1. The molecular formula is C50H35NO. The quantitative estimate of drug-likeness (QED) is 0.161. The Morgan fingerprint density at radius 3 is 1.21 bits per heavy atom. The Balaban J connectivity index is 1.13. The molecule has 0 aliphatic rings. The average Bonchev–Trinajstić information content (AvgIpc) is 3.67. The standard InChI is InChI=1S/C50H35NO/c1-3-14-36(15-4-1)45-21-8-10-23-47(45)38-26-30-42(31-27-38)51(44-20-13-19-40(34-44)50-35-41-18-7-12-25-49(41)52-50)43-32-28-39(29-33-43)48-24-11-9-22-46(48)37-16-5-2-6-17-37/h1-35H. The van der Waals surface area contributed by atoms with E-state index in [1.54, 1.807) is 0 Å². The molecule has 52 heavy (non-hydrogen) atoms. The van der Waals surface area contributed by atoms with Crippen molar-refractivity contribution in [3.05, 3.63) is 212 Å². The average molecular weight is 666 g/mol. The SMILES string of the molecule is c1ccc(-c2ccccc2-c2ccc(N(c3ccc(-c4ccccc4-c4ccccc4)cc3)c3cccc(-c4cc5ccccc5o4)c3)cc2)cc1. The van der Waals surface area contributed by atoms with Gasteiger partial charge in [-0.25, -0.2) is 0 Å². The van der Waals surface area contributed by atoms with E-state index >= 15 is 0 Å². The second kappa shape index (κ2) is 13.8. The maximum absolute atomic E-state index is 6.31. The Morgan fingerprint density at radius 1 is 0.288 bits per heavy atom. The van der Waals surface area contributed by atoms with Crippen molar-refractivity contribution < 1.29 is 4.42 Å². The van der Waals surface area contributed by atoms with E-state index in [1.165, 1.54) is 44.5 Å². The first-order chi connectivity index (χ1) is 25.8. The van der Waals surface area contributed by atoms with E-state index in [2.05, 4.69) is 199 Å². The lowest BCUT2D eigenvalue weighted by molar-refractivity contribution is 0.631. The zero-order valence-electron chi connectivity index (χ0n) is 28.6. The minimum atomic E-state index is 0.851. The Hall–Kier alpha value is -6.90. The van der Waals surface area contributed by atoms with Crippen LogP contribution in [0.4, 0.5) is 17.1 Å². The van der Waals surface area contributed by atoms with Crippen LogP contribution in [0.25, 0.3) is 66.8 Å². The highest BCUT2D eigenvalue weighted by Crippen LogP contribution is 2.41. The van der Waals surface area contributed by atoms with E-state index in [0.717, 1.165) is 39.4 Å². The van der Waals surface area contributed by atoms with Gasteiger partial charge in [0.25, 0.3) is 0 Å². The van der Waals surface area contributed by atoms with Gasteiger partial charge in [-0.05, 0) is 93.0 Å². The van der Waals surface area contributed by atoms with Crippen LogP contribution in [0.3, 0.4) is 0 Å². The predicted octanol–water partition coefficient (Wildman–Crippen LogP) is 14.2. The van der Waals surface area contributed by atoms with Crippen LogP contribution in [0.15, 0.2) is 217 Å². The third-order valence-electron chi connectivity index (χ3n) is 9.71. The molecule has 0 N–H and O–H groups in total. The molecule has 0 saturated carbocycles. The summed E-state index contributed by atoms with van der Waals surface area (Å²) in [5, 5.41) is 1.09. The van der Waals surface area contributed by atoms with Crippen LogP contribution >= 0.6 is 0 Å². The number of hydrogen-bond acceptors (Lipinski definition) is 2. The fourth-order valence-electron chi connectivity index (χ4n) is 7.16. The Kier molecular flexibility index (Phi) is 8.24. The normalized spacial score (nSPS) is 11.1. The van der Waals surface area contributed by atoms with Gasteiger partial charge in [-0.1, -0.05) is 164 Å². The van der Waals surface area contributed by atoms with Crippen molar-refractivity contribution in [2.24, 2.45) is 0 Å². The number of fused-ring (bicyclic) bond motifs is 1. The molecular weight excluding hydrogens is 631 g/mol. The molecule has 0 aliphatic heterocycles. The molecule has 0 radical (unpaired) electrons. The van der Waals surface area contributed by atoms with Gasteiger partial charge in [0.15, 0.2) is 0 Å². The summed E-state index contributed by atoms with van der Waals surface area (Å²) in [6, 6.07) is 75.2. The van der Waals surface area contributed by atoms with Crippen molar-refractivity contribution in [2.45, 2.75) is 0 Å². The lowest BCUT2D eigenvalue weighted by Gasteiger charge is -2.26. The topological polar surface area (TPSA) is 16.4 Å². The molecule has 8 aromatic carbocycles. The summed E-state index contributed by atoms with van der Waals surface area (Å²) in [4.78, 5) is 2.33. The zero-order valence-corrected chi connectivity index (χ0v) is 28.6. The highest BCUT2D eigenvalue weighted by molar-refractivity contribution is 5.88. The number of para-hydroxylation sites is 1. The first kappa shape index (κ1) is 31.1. The van der Waals surface area contributed by atoms with E-state index in [-0.39, 0.29) is 0 Å². The van der Waals surface area contributed by atoms with Gasteiger partial charge in [0, 0.05) is 28.0 Å². The van der Waals surface area contributed by atoms with E-state index in [1.807, 2.05) is 18.2 Å². The minimum absolute atomic E-state index is 0.851. The summed E-state index contributed by atoms with van der Waals surface area (Å²) in [6.45, 7) is 0. The monoisotopic (exact) mass is 665 g/mol. The molecule has 0 unspecified atom stereocenters. The van der Waals surface area contributed by atoms with Gasteiger partial charge < -0.3 is 9.32 Å². The highest BCUT2D eigenvalue weighted by atomic mass is 16.3. The van der Waals surface area contributed by atoms with Crippen molar-refractivity contribution in [3.8, 4) is 55.8 Å². The van der Waals surface area contributed by atoms with Crippen molar-refractivity contribution in [2.75, 3.05) is 4.90 Å². The molecule has 1 heterocycles. The predicted molar refractivity (Wildman–Crippen MR) is 218 cm³/mol. The number of furan rings is 1. The van der Waals surface area contributed by atoms with Crippen molar-refractivity contribution >= 4 is 28.0 Å². The van der Waals surface area contributed by atoms with E-state index in [4.69, 9.17) is 4.42 Å². The summed E-state index contributed by atoms with van der Waals surface area (Å²) in [5.41, 5.74) is 14.7. The van der Waals surface area contributed by atoms with Crippen molar-refractivity contribution in [1.29, 1.82) is 0 Å². The lowest BCUT2D eigenvalue weighted by Crippen LogP contribution is -2.10. The summed E-state index contributed by atoms with van der Waals surface area (Å²) < 4.78 is 6.31. The molecule has 0 fully saturated rings. The Labute approximate surface area is 304 Å². The maximum atomic E-state index is 6.31. The van der Waals surface area contributed by atoms with E-state index in [9.17, 15) is 0 Å². The lowest BCUT2D eigenvalue weighted by atomic mass is 9.94. The molecule has 0 bridgehead atoms. The molecule has 2 heteroatoms. The number of benzene rings is 8. The molecule has 9 rings (SSSR count). The molecule has 0 saturated heterocycles. The maximum Gasteiger partial charge on any atom is 0.135 e. The largest absolute Gasteiger partial charge is 0.456 e. The molecule has 0 spiro atoms. The van der Waals surface area contributed by atoms with Gasteiger partial charge in [-0.2, -0.15) is 0 Å². The van der Waals surface area contributed by atoms with Gasteiger partial charge in [-0.15, -0.1) is 0 Å². The van der Waals surface area contributed by atoms with Crippen LogP contribution in [0.1, 0.15) is 0 Å². The second-order valence-electron chi connectivity index (χ2n) is 13.0. The molecule has 0 aliphatic carbocycles. The second-order valence-corrected chi connectivity index (χ2v) is 13.0. The fraction of sp³-hybridized carbons (Fsp3) is 0. The molecule has 0 amide bonds. The van der Waals surface area contributed by atoms with Crippen LogP contribution in [-0.4, -0.2) is 0 Å². The van der Waals surface area contributed by atoms with Crippen LogP contribution in [0.2, 0.25) is 0 Å². The Bertz CT molecular complexity index is 2440. The van der Waals surface area contributed by atoms with Gasteiger partial charge in [0.2, 0.25) is 0 Å².